The Hall–Kier alpha value is -1.97. The number of hydrogen-bond acceptors (Lipinski definition) is 3. The van der Waals surface area contributed by atoms with Gasteiger partial charge in [0.2, 0.25) is 5.78 Å². The van der Waals surface area contributed by atoms with E-state index < -0.39 is 0 Å². The Morgan fingerprint density at radius 2 is 2.06 bits per heavy atom. The van der Waals surface area contributed by atoms with E-state index in [9.17, 15) is 4.79 Å². The molecule has 0 N–H and O–H groups in total. The van der Waals surface area contributed by atoms with Crippen LogP contribution in [0.2, 0.25) is 0 Å². The normalized spacial score (nSPS) is 10.3. The molecule has 0 radical (unpaired) electrons. The number of nitrogens with zero attached hydrogens (tertiary/aromatic N) is 3. The fourth-order valence-corrected chi connectivity index (χ4v) is 1.57. The molecule has 0 spiro atoms. The average molecular weight is 215 g/mol. The molecule has 2 rings (SSSR count). The highest BCUT2D eigenvalue weighted by atomic mass is 16.1. The molecule has 0 fully saturated rings. The summed E-state index contributed by atoms with van der Waals surface area (Å²) < 4.78 is 1.88. The molecule has 16 heavy (non-hydrogen) atoms. The van der Waals surface area contributed by atoms with E-state index >= 15 is 0 Å². The number of hydrogen-bond donors (Lipinski definition) is 0. The van der Waals surface area contributed by atoms with E-state index in [2.05, 4.69) is 16.9 Å². The molecule has 0 atom stereocenters. The van der Waals surface area contributed by atoms with Gasteiger partial charge in [0.05, 0.1) is 0 Å². The van der Waals surface area contributed by atoms with Crippen molar-refractivity contribution in [3.8, 4) is 0 Å². The van der Waals surface area contributed by atoms with Crippen molar-refractivity contribution in [2.45, 2.75) is 19.9 Å². The summed E-state index contributed by atoms with van der Waals surface area (Å²) >= 11 is 0. The fraction of sp³-hybridized carbons (Fsp3) is 0.250. The largest absolute Gasteiger partial charge is 0.328 e. The molecule has 0 aromatic carbocycles. The van der Waals surface area contributed by atoms with Crippen LogP contribution in [-0.4, -0.2) is 20.3 Å². The van der Waals surface area contributed by atoms with Crippen molar-refractivity contribution in [1.29, 1.82) is 0 Å². The van der Waals surface area contributed by atoms with Gasteiger partial charge in [0.25, 0.3) is 0 Å². The van der Waals surface area contributed by atoms with Gasteiger partial charge in [-0.15, -0.1) is 0 Å². The summed E-state index contributed by atoms with van der Waals surface area (Å²) in [5, 5.41) is 0. The van der Waals surface area contributed by atoms with Crippen molar-refractivity contribution in [3.63, 3.8) is 0 Å². The van der Waals surface area contributed by atoms with Crippen LogP contribution in [0.3, 0.4) is 0 Å². The van der Waals surface area contributed by atoms with E-state index in [1.54, 1.807) is 30.7 Å². The van der Waals surface area contributed by atoms with E-state index in [1.165, 1.54) is 0 Å². The zero-order valence-corrected chi connectivity index (χ0v) is 9.13. The van der Waals surface area contributed by atoms with E-state index in [-0.39, 0.29) is 5.78 Å². The second-order valence-electron chi connectivity index (χ2n) is 3.51. The van der Waals surface area contributed by atoms with Gasteiger partial charge in [-0.25, -0.2) is 4.98 Å². The average Bonchev–Trinajstić information content (AvgIpc) is 2.78. The predicted molar refractivity (Wildman–Crippen MR) is 60.2 cm³/mol. The number of ketones is 1. The van der Waals surface area contributed by atoms with Crippen molar-refractivity contribution in [2.24, 2.45) is 0 Å². The molecule has 0 saturated heterocycles. The Labute approximate surface area is 94.0 Å². The topological polar surface area (TPSA) is 47.8 Å². The van der Waals surface area contributed by atoms with E-state index in [0.29, 0.717) is 11.4 Å². The lowest BCUT2D eigenvalue weighted by Crippen LogP contribution is -2.11. The quantitative estimate of drug-likeness (QED) is 0.732. The van der Waals surface area contributed by atoms with E-state index in [4.69, 9.17) is 0 Å². The molecular formula is C12H13N3O. The summed E-state index contributed by atoms with van der Waals surface area (Å²) in [5.74, 6) is 0.439. The highest BCUT2D eigenvalue weighted by Gasteiger charge is 2.14. The molecule has 82 valence electrons. The Bertz CT molecular complexity index is 476. The number of rotatable bonds is 4. The lowest BCUT2D eigenvalue weighted by atomic mass is 10.1. The minimum Gasteiger partial charge on any atom is -0.328 e. The van der Waals surface area contributed by atoms with Crippen LogP contribution < -0.4 is 0 Å². The monoisotopic (exact) mass is 215 g/mol. The third kappa shape index (κ3) is 2.00. The molecule has 4 heteroatoms. The van der Waals surface area contributed by atoms with Gasteiger partial charge in [-0.2, -0.15) is 0 Å². The highest BCUT2D eigenvalue weighted by Crippen LogP contribution is 2.07. The summed E-state index contributed by atoms with van der Waals surface area (Å²) in [6, 6.07) is 3.40. The SMILES string of the molecule is CCCn1ccnc1C(=O)c1ccncc1. The number of imidazole rings is 1. The van der Waals surface area contributed by atoms with Crippen LogP contribution in [0.5, 0.6) is 0 Å². The maximum atomic E-state index is 12.1. The third-order valence-electron chi connectivity index (χ3n) is 2.33. The maximum absolute atomic E-state index is 12.1. The van der Waals surface area contributed by atoms with Gasteiger partial charge >= 0.3 is 0 Å². The highest BCUT2D eigenvalue weighted by molar-refractivity contribution is 6.06. The number of carbonyl (C=O) groups is 1. The van der Waals surface area contributed by atoms with Crippen LogP contribution >= 0.6 is 0 Å². The Morgan fingerprint density at radius 3 is 2.75 bits per heavy atom. The fourth-order valence-electron chi connectivity index (χ4n) is 1.57. The van der Waals surface area contributed by atoms with Crippen LogP contribution in [0.1, 0.15) is 29.5 Å². The van der Waals surface area contributed by atoms with Crippen molar-refractivity contribution >= 4 is 5.78 Å². The molecule has 0 unspecified atom stereocenters. The predicted octanol–water partition coefficient (Wildman–Crippen LogP) is 1.92. The van der Waals surface area contributed by atoms with Crippen LogP contribution in [0.4, 0.5) is 0 Å². The molecule has 4 nitrogen and oxygen atoms in total. The number of aromatic nitrogens is 3. The van der Waals surface area contributed by atoms with Crippen LogP contribution in [0.15, 0.2) is 36.9 Å². The molecule has 0 aliphatic carbocycles. The summed E-state index contributed by atoms with van der Waals surface area (Å²) in [5.41, 5.74) is 0.624. The van der Waals surface area contributed by atoms with Crippen LogP contribution in [-0.2, 0) is 6.54 Å². The number of pyridine rings is 1. The number of carbonyl (C=O) groups excluding carboxylic acids is 1. The van der Waals surface area contributed by atoms with Crippen molar-refractivity contribution in [3.05, 3.63) is 48.3 Å². The Kier molecular flexibility index (Phi) is 3.10. The molecule has 2 aromatic heterocycles. The molecule has 0 aliphatic rings. The first-order valence-corrected chi connectivity index (χ1v) is 5.28. The zero-order valence-electron chi connectivity index (χ0n) is 9.13. The van der Waals surface area contributed by atoms with Gasteiger partial charge in [-0.3, -0.25) is 9.78 Å². The Morgan fingerprint density at radius 1 is 1.31 bits per heavy atom. The minimum atomic E-state index is -0.0548. The van der Waals surface area contributed by atoms with Crippen LogP contribution in [0.25, 0.3) is 0 Å². The summed E-state index contributed by atoms with van der Waals surface area (Å²) in [4.78, 5) is 20.1. The molecule has 0 saturated carbocycles. The molecule has 0 bridgehead atoms. The van der Waals surface area contributed by atoms with E-state index in [1.807, 2.05) is 10.8 Å². The first kappa shape index (κ1) is 10.5. The van der Waals surface area contributed by atoms with Gasteiger partial charge < -0.3 is 4.57 Å². The standard InChI is InChI=1S/C12H13N3O/c1-2-8-15-9-7-14-12(15)11(16)10-3-5-13-6-4-10/h3-7,9H,2,8H2,1H3. The van der Waals surface area contributed by atoms with Crippen molar-refractivity contribution in [1.82, 2.24) is 14.5 Å². The van der Waals surface area contributed by atoms with Gasteiger partial charge in [-0.05, 0) is 18.6 Å². The molecule has 2 heterocycles. The van der Waals surface area contributed by atoms with Gasteiger partial charge in [0.15, 0.2) is 5.82 Å². The first-order chi connectivity index (χ1) is 7.83. The Balaban J connectivity index is 2.31. The number of aryl methyl sites for hydroxylation is 1. The molecule has 2 aromatic rings. The molecule has 0 aliphatic heterocycles. The summed E-state index contributed by atoms with van der Waals surface area (Å²) in [7, 11) is 0. The van der Waals surface area contributed by atoms with E-state index in [0.717, 1.165) is 13.0 Å². The van der Waals surface area contributed by atoms with Gasteiger partial charge in [0, 0.05) is 36.9 Å². The maximum Gasteiger partial charge on any atom is 0.228 e. The third-order valence-corrected chi connectivity index (χ3v) is 2.33. The van der Waals surface area contributed by atoms with Gasteiger partial charge in [0.1, 0.15) is 0 Å². The van der Waals surface area contributed by atoms with Crippen molar-refractivity contribution < 1.29 is 4.79 Å². The summed E-state index contributed by atoms with van der Waals surface area (Å²) in [6.07, 6.45) is 7.69. The minimum absolute atomic E-state index is 0.0548. The van der Waals surface area contributed by atoms with Crippen molar-refractivity contribution in [2.75, 3.05) is 0 Å². The molecular weight excluding hydrogens is 202 g/mol. The van der Waals surface area contributed by atoms with Crippen LogP contribution in [0, 0.1) is 0 Å². The smallest absolute Gasteiger partial charge is 0.228 e. The lowest BCUT2D eigenvalue weighted by molar-refractivity contribution is 0.102. The zero-order chi connectivity index (χ0) is 11.4. The van der Waals surface area contributed by atoms with Gasteiger partial charge in [-0.1, -0.05) is 6.92 Å². The summed E-state index contributed by atoms with van der Waals surface area (Å²) in [6.45, 7) is 2.88. The second kappa shape index (κ2) is 4.70. The lowest BCUT2D eigenvalue weighted by Gasteiger charge is -2.04. The first-order valence-electron chi connectivity index (χ1n) is 5.28. The molecule has 0 amide bonds. The second-order valence-corrected chi connectivity index (χ2v) is 3.51.